The van der Waals surface area contributed by atoms with Crippen molar-refractivity contribution in [2.24, 2.45) is 5.92 Å². The Kier molecular flexibility index (Phi) is 8.07. The molecule has 1 fully saturated rings. The fourth-order valence-corrected chi connectivity index (χ4v) is 7.82. The van der Waals surface area contributed by atoms with Gasteiger partial charge in [0.2, 0.25) is 5.92 Å². The first kappa shape index (κ1) is 30.0. The smallest absolute Gasteiger partial charge is 0.268 e. The Labute approximate surface area is 236 Å². The van der Waals surface area contributed by atoms with Gasteiger partial charge in [0.1, 0.15) is 10.8 Å². The molecule has 1 aliphatic rings. The van der Waals surface area contributed by atoms with E-state index in [9.17, 15) is 22.0 Å². The largest absolute Gasteiger partial charge is 0.350 e. The van der Waals surface area contributed by atoms with Crippen LogP contribution in [0.1, 0.15) is 50.9 Å². The van der Waals surface area contributed by atoms with Gasteiger partial charge in [0.25, 0.3) is 15.9 Å². The number of hydrogen-bond donors (Lipinski definition) is 1. The summed E-state index contributed by atoms with van der Waals surface area (Å²) < 4.78 is 56.6. The van der Waals surface area contributed by atoms with E-state index in [4.69, 9.17) is 4.98 Å². The Morgan fingerprint density at radius 1 is 1.12 bits per heavy atom. The van der Waals surface area contributed by atoms with E-state index in [1.807, 2.05) is 23.5 Å². The first-order valence-electron chi connectivity index (χ1n) is 13.0. The molecule has 4 rings (SSSR count). The van der Waals surface area contributed by atoms with Crippen LogP contribution in [0.4, 0.5) is 14.6 Å². The third-order valence-corrected chi connectivity index (χ3v) is 11.1. The molecule has 1 aliphatic heterocycles. The summed E-state index contributed by atoms with van der Waals surface area (Å²) in [6.45, 7) is 7.82. The summed E-state index contributed by atoms with van der Waals surface area (Å²) in [6.07, 6.45) is 6.30. The van der Waals surface area contributed by atoms with E-state index in [1.54, 1.807) is 41.2 Å². The number of halogens is 2. The quantitative estimate of drug-likeness (QED) is 0.353. The molecule has 0 spiro atoms. The van der Waals surface area contributed by atoms with Gasteiger partial charge in [-0.05, 0) is 81.7 Å². The molecule has 0 saturated carbocycles. The number of nitrogens with one attached hydrogen (secondary N) is 1. The summed E-state index contributed by atoms with van der Waals surface area (Å²) in [5.41, 5.74) is -0.195. The summed E-state index contributed by atoms with van der Waals surface area (Å²) in [5, 5.41) is 5.40. The van der Waals surface area contributed by atoms with Crippen molar-refractivity contribution >= 4 is 31.8 Å². The maximum absolute atomic E-state index is 13.5. The van der Waals surface area contributed by atoms with E-state index >= 15 is 0 Å². The molecule has 3 aromatic rings. The number of alkyl halides is 2. The van der Waals surface area contributed by atoms with Gasteiger partial charge in [-0.1, -0.05) is 25.1 Å². The Hall–Kier alpha value is -2.99. The predicted octanol–water partition coefficient (Wildman–Crippen LogP) is 5.48. The lowest BCUT2D eigenvalue weighted by Gasteiger charge is -2.34. The molecule has 0 radical (unpaired) electrons. The van der Waals surface area contributed by atoms with E-state index < -0.39 is 31.9 Å². The maximum Gasteiger partial charge on any atom is 0.268 e. The molecule has 2 aromatic heterocycles. The lowest BCUT2D eigenvalue weighted by molar-refractivity contribution is 0.0192. The number of pyridine rings is 1. The minimum atomic E-state index is -4.09. The number of carbonyl (C=O) groups excluding carboxylic acids is 1. The topological polar surface area (TPSA) is 97.2 Å². The molecule has 40 heavy (non-hydrogen) atoms. The molecule has 0 aliphatic carbocycles. The van der Waals surface area contributed by atoms with Crippen LogP contribution in [0.15, 0.2) is 64.6 Å². The molecule has 1 saturated heterocycles. The summed E-state index contributed by atoms with van der Waals surface area (Å²) in [4.78, 5) is 20.2. The van der Waals surface area contributed by atoms with Crippen molar-refractivity contribution < 1.29 is 22.0 Å². The minimum Gasteiger partial charge on any atom is -0.350 e. The van der Waals surface area contributed by atoms with Crippen LogP contribution in [0.2, 0.25) is 0 Å². The highest BCUT2D eigenvalue weighted by atomic mass is 32.3. The molecule has 1 atom stereocenters. The minimum absolute atomic E-state index is 0.0142. The molecule has 0 bridgehead atoms. The molecule has 1 amide bonds. The second-order valence-corrected chi connectivity index (χ2v) is 17.3. The average Bonchev–Trinajstić information content (AvgIpc) is 3.47. The van der Waals surface area contributed by atoms with Gasteiger partial charge in [-0.25, -0.2) is 41.6 Å². The number of hydrogen-bond acceptors (Lipinski definition) is 6. The van der Waals surface area contributed by atoms with Gasteiger partial charge in [-0.2, -0.15) is 5.10 Å². The van der Waals surface area contributed by atoms with Crippen molar-refractivity contribution in [2.45, 2.75) is 61.9 Å². The summed E-state index contributed by atoms with van der Waals surface area (Å²) >= 11 is 0. The van der Waals surface area contributed by atoms with Gasteiger partial charge in [-0.3, -0.25) is 4.79 Å². The third-order valence-electron chi connectivity index (χ3n) is 7.13. The summed E-state index contributed by atoms with van der Waals surface area (Å²) in [5.74, 6) is -2.05. The van der Waals surface area contributed by atoms with Gasteiger partial charge in [0.05, 0.1) is 10.5 Å². The van der Waals surface area contributed by atoms with Crippen molar-refractivity contribution in [1.29, 1.82) is 0 Å². The fraction of sp³-hybridized carbons (Fsp3) is 0.464. The Morgan fingerprint density at radius 2 is 1.80 bits per heavy atom. The van der Waals surface area contributed by atoms with Crippen molar-refractivity contribution in [3.63, 3.8) is 0 Å². The van der Waals surface area contributed by atoms with Crippen LogP contribution in [0.3, 0.4) is 0 Å². The van der Waals surface area contributed by atoms with Crippen molar-refractivity contribution in [1.82, 2.24) is 19.5 Å². The normalized spacial score (nSPS) is 18.1. The fourth-order valence-electron chi connectivity index (χ4n) is 5.01. The Balaban J connectivity index is 1.71. The number of amides is 1. The van der Waals surface area contributed by atoms with Gasteiger partial charge < -0.3 is 4.90 Å². The van der Waals surface area contributed by atoms with Gasteiger partial charge in [-0.15, -0.1) is 0 Å². The monoisotopic (exact) mass is 593 g/mol. The van der Waals surface area contributed by atoms with Crippen LogP contribution in [0.5, 0.6) is 0 Å². The number of sulfonamides is 1. The lowest BCUT2D eigenvalue weighted by atomic mass is 9.97. The molecule has 1 N–H and O–H groups in total. The number of rotatable bonds is 9. The molecule has 1 aromatic carbocycles. The summed E-state index contributed by atoms with van der Waals surface area (Å²) in [7, 11) is -5.67. The Bertz CT molecular complexity index is 1490. The van der Waals surface area contributed by atoms with E-state index in [-0.39, 0.29) is 22.4 Å². The number of carbonyl (C=O) groups is 1. The van der Waals surface area contributed by atoms with E-state index in [0.29, 0.717) is 29.9 Å². The van der Waals surface area contributed by atoms with E-state index in [0.717, 1.165) is 18.4 Å². The Morgan fingerprint density at radius 3 is 2.40 bits per heavy atom. The SMILES string of the molecule is C[C@@H]1CN(c2nc(-n3ccc(S(C)(C)CCC(C)(F)F)n3)ccc2C(=O)NS(=O)(=O)c2ccccc2)C(C)(C)C1. The van der Waals surface area contributed by atoms with E-state index in [1.165, 1.54) is 12.1 Å². The van der Waals surface area contributed by atoms with Crippen molar-refractivity contribution in [3.8, 4) is 5.82 Å². The first-order valence-corrected chi connectivity index (χ1v) is 17.1. The second kappa shape index (κ2) is 10.8. The number of nitrogens with zero attached hydrogens (tertiary/aromatic N) is 4. The zero-order chi connectivity index (χ0) is 29.5. The van der Waals surface area contributed by atoms with Gasteiger partial charge in [0, 0.05) is 24.7 Å². The van der Waals surface area contributed by atoms with Crippen LogP contribution in [0, 0.1) is 5.92 Å². The molecule has 218 valence electrons. The molecular weight excluding hydrogens is 556 g/mol. The highest BCUT2D eigenvalue weighted by molar-refractivity contribution is 8.32. The molecular formula is C28H37F2N5O3S2. The van der Waals surface area contributed by atoms with Crippen molar-refractivity contribution in [2.75, 3.05) is 29.7 Å². The van der Waals surface area contributed by atoms with Crippen LogP contribution >= 0.6 is 10.0 Å². The molecule has 8 nitrogen and oxygen atoms in total. The zero-order valence-corrected chi connectivity index (χ0v) is 25.3. The van der Waals surface area contributed by atoms with Gasteiger partial charge in [0.15, 0.2) is 5.82 Å². The second-order valence-electron chi connectivity index (χ2n) is 11.7. The zero-order valence-electron chi connectivity index (χ0n) is 23.7. The molecule has 3 heterocycles. The highest BCUT2D eigenvalue weighted by Crippen LogP contribution is 2.49. The molecule has 0 unspecified atom stereocenters. The van der Waals surface area contributed by atoms with E-state index in [2.05, 4.69) is 30.6 Å². The van der Waals surface area contributed by atoms with Gasteiger partial charge >= 0.3 is 0 Å². The lowest BCUT2D eigenvalue weighted by Crippen LogP contribution is -2.41. The van der Waals surface area contributed by atoms with Crippen LogP contribution in [0.25, 0.3) is 5.82 Å². The standard InChI is InChI=1S/C28H37F2N5O3S2/c1-20-18-27(2,3)34(19-20)25-22(26(36)33-40(37,38)21-10-8-7-9-11-21)12-13-23(31-25)35-16-14-24(32-35)39(5,6)17-15-28(4,29)30/h7-14,16,20H,15,17-19H2,1-6H3,(H,33,36)/t20-/m0/s1. The number of anilines is 1. The average molecular weight is 594 g/mol. The highest BCUT2D eigenvalue weighted by Gasteiger charge is 2.39. The number of benzene rings is 1. The summed E-state index contributed by atoms with van der Waals surface area (Å²) in [6, 6.07) is 12.7. The number of aromatic nitrogens is 3. The van der Waals surface area contributed by atoms with Crippen molar-refractivity contribution in [3.05, 3.63) is 60.3 Å². The van der Waals surface area contributed by atoms with Crippen LogP contribution in [-0.2, 0) is 10.0 Å². The van der Waals surface area contributed by atoms with Crippen LogP contribution < -0.4 is 9.62 Å². The third kappa shape index (κ3) is 6.65. The first-order chi connectivity index (χ1) is 18.5. The predicted molar refractivity (Wildman–Crippen MR) is 155 cm³/mol. The molecule has 12 heteroatoms. The van der Waals surface area contributed by atoms with Crippen LogP contribution in [-0.4, -0.2) is 65.4 Å². The maximum atomic E-state index is 13.5.